The van der Waals surface area contributed by atoms with Crippen LogP contribution in [0, 0.1) is 23.5 Å². The first-order valence-corrected chi connectivity index (χ1v) is 12.4. The summed E-state index contributed by atoms with van der Waals surface area (Å²) in [4.78, 5) is 42.8. The van der Waals surface area contributed by atoms with E-state index in [9.17, 15) is 28.3 Å². The Morgan fingerprint density at radius 3 is 2.72 bits per heavy atom. The second-order valence-electron chi connectivity index (χ2n) is 10.5. The van der Waals surface area contributed by atoms with Crippen LogP contribution in [0.1, 0.15) is 59.5 Å². The fourth-order valence-corrected chi connectivity index (χ4v) is 5.92. The van der Waals surface area contributed by atoms with Crippen LogP contribution in [0.5, 0.6) is 0 Å². The van der Waals surface area contributed by atoms with Crippen LogP contribution in [0.15, 0.2) is 35.3 Å². The molecule has 3 aliphatic rings. The highest BCUT2D eigenvalue weighted by Gasteiger charge is 2.57. The predicted octanol–water partition coefficient (Wildman–Crippen LogP) is 2.30. The molecule has 8 nitrogen and oxygen atoms in total. The van der Waals surface area contributed by atoms with Crippen molar-refractivity contribution in [2.24, 2.45) is 11.8 Å². The van der Waals surface area contributed by atoms with Crippen LogP contribution in [-0.2, 0) is 13.1 Å². The Labute approximate surface area is 207 Å². The van der Waals surface area contributed by atoms with Gasteiger partial charge in [-0.25, -0.2) is 8.78 Å². The lowest BCUT2D eigenvalue weighted by Gasteiger charge is -2.57. The van der Waals surface area contributed by atoms with Crippen molar-refractivity contribution < 1.29 is 23.5 Å². The molecule has 10 heteroatoms. The molecule has 2 fully saturated rings. The molecule has 1 saturated heterocycles. The van der Waals surface area contributed by atoms with E-state index in [0.717, 1.165) is 37.5 Å². The van der Waals surface area contributed by atoms with Crippen molar-refractivity contribution in [1.82, 2.24) is 19.7 Å². The number of hydrogen-bond acceptors (Lipinski definition) is 5. The van der Waals surface area contributed by atoms with Gasteiger partial charge >= 0.3 is 0 Å². The summed E-state index contributed by atoms with van der Waals surface area (Å²) < 4.78 is 28.6. The number of nitrogens with zero attached hydrogens (tertiary/aromatic N) is 3. The minimum atomic E-state index is -1.57. The summed E-state index contributed by atoms with van der Waals surface area (Å²) in [5, 5.41) is 14.4. The topological polar surface area (TPSA) is 94.9 Å². The third kappa shape index (κ3) is 4.12. The van der Waals surface area contributed by atoms with Gasteiger partial charge in [-0.2, -0.15) is 0 Å². The first-order valence-electron chi connectivity index (χ1n) is 12.4. The zero-order valence-corrected chi connectivity index (χ0v) is 20.3. The second-order valence-corrected chi connectivity index (χ2v) is 10.5. The Kier molecular flexibility index (Phi) is 6.20. The third-order valence-corrected chi connectivity index (χ3v) is 7.53. The number of benzene rings is 1. The van der Waals surface area contributed by atoms with Gasteiger partial charge in [0, 0.05) is 49.6 Å². The van der Waals surface area contributed by atoms with Crippen LogP contribution in [0.4, 0.5) is 8.78 Å². The summed E-state index contributed by atoms with van der Waals surface area (Å²) in [5.74, 6) is -3.76. The number of carbonyl (C=O) groups is 2. The molecule has 0 radical (unpaired) electrons. The summed E-state index contributed by atoms with van der Waals surface area (Å²) >= 11 is 0. The maximum Gasteiger partial charge on any atom is 0.274 e. The number of fused-ring (bicyclic) bond motifs is 4. The first-order chi connectivity index (χ1) is 17.1. The molecule has 0 bridgehead atoms. The molecule has 3 heterocycles. The number of nitrogens with one attached hydrogen (secondary N) is 1. The number of rotatable bonds is 5. The molecular formula is C26H30F2N4O4. The fourth-order valence-electron chi connectivity index (χ4n) is 5.92. The van der Waals surface area contributed by atoms with Crippen LogP contribution < -0.4 is 10.7 Å². The van der Waals surface area contributed by atoms with Crippen LogP contribution in [0.3, 0.4) is 0 Å². The molecule has 36 heavy (non-hydrogen) atoms. The maximum atomic E-state index is 13.9. The second kappa shape index (κ2) is 9.08. The van der Waals surface area contributed by atoms with Crippen molar-refractivity contribution >= 4 is 11.8 Å². The van der Waals surface area contributed by atoms with Gasteiger partial charge in [-0.05, 0) is 30.7 Å². The minimum Gasteiger partial charge on any atom is -0.357 e. The largest absolute Gasteiger partial charge is 0.357 e. The molecule has 1 aliphatic carbocycles. The number of amides is 2. The van der Waals surface area contributed by atoms with Crippen LogP contribution in [0.25, 0.3) is 0 Å². The standard InChI is InChI=1S/C26H30F2N4O4/c1-15(2)11-31-12-17-4-3-5-21(17)32-25(35)22-9-23(33)19(13-30(22)14-26(31,32)36)24(34)29-10-16-6-7-18(27)8-20(16)28/h6-9,13,15,17,21,36H,3-5,10-12,14H2,1-2H3,(H,29,34)/t17-,21-,26-/m0/s1. The number of aliphatic hydroxyl groups is 1. The number of carbonyl (C=O) groups excluding carboxylic acids is 2. The van der Waals surface area contributed by atoms with Crippen molar-refractivity contribution in [3.8, 4) is 0 Å². The van der Waals surface area contributed by atoms with E-state index in [1.165, 1.54) is 16.8 Å². The van der Waals surface area contributed by atoms with Gasteiger partial charge in [-0.15, -0.1) is 0 Å². The number of pyridine rings is 1. The van der Waals surface area contributed by atoms with Gasteiger partial charge in [0.25, 0.3) is 11.8 Å². The average molecular weight is 501 g/mol. The molecule has 1 aromatic carbocycles. The molecule has 2 N–H and O–H groups in total. The van der Waals surface area contributed by atoms with Gasteiger partial charge in [0.15, 0.2) is 5.43 Å². The molecule has 1 saturated carbocycles. The van der Waals surface area contributed by atoms with Gasteiger partial charge in [0.2, 0.25) is 5.85 Å². The molecule has 192 valence electrons. The molecule has 2 aromatic rings. The summed E-state index contributed by atoms with van der Waals surface area (Å²) in [5.41, 5.74) is -0.671. The third-order valence-electron chi connectivity index (χ3n) is 7.53. The Morgan fingerprint density at radius 1 is 1.22 bits per heavy atom. The van der Waals surface area contributed by atoms with E-state index in [4.69, 9.17) is 0 Å². The van der Waals surface area contributed by atoms with Gasteiger partial charge in [-0.1, -0.05) is 26.3 Å². The maximum absolute atomic E-state index is 13.9. The van der Waals surface area contributed by atoms with Crippen molar-refractivity contribution in [2.45, 2.75) is 58.1 Å². The van der Waals surface area contributed by atoms with E-state index in [1.54, 1.807) is 4.90 Å². The Balaban J connectivity index is 1.46. The van der Waals surface area contributed by atoms with Crippen LogP contribution in [0.2, 0.25) is 0 Å². The Bertz CT molecular complexity index is 1280. The Morgan fingerprint density at radius 2 is 2.00 bits per heavy atom. The number of aromatic nitrogens is 1. The van der Waals surface area contributed by atoms with Gasteiger partial charge in [0.05, 0.1) is 6.54 Å². The summed E-state index contributed by atoms with van der Waals surface area (Å²) in [6, 6.07) is 4.06. The van der Waals surface area contributed by atoms with E-state index in [-0.39, 0.29) is 47.8 Å². The van der Waals surface area contributed by atoms with Crippen molar-refractivity contribution in [2.75, 3.05) is 13.1 Å². The van der Waals surface area contributed by atoms with Gasteiger partial charge in [-0.3, -0.25) is 24.2 Å². The quantitative estimate of drug-likeness (QED) is 0.657. The van der Waals surface area contributed by atoms with E-state index in [0.29, 0.717) is 13.1 Å². The molecule has 2 amide bonds. The fraction of sp³-hybridized carbons (Fsp3) is 0.500. The van der Waals surface area contributed by atoms with Crippen LogP contribution >= 0.6 is 0 Å². The molecular weight excluding hydrogens is 470 g/mol. The highest BCUT2D eigenvalue weighted by Crippen LogP contribution is 2.43. The molecule has 3 atom stereocenters. The van der Waals surface area contributed by atoms with E-state index >= 15 is 0 Å². The lowest BCUT2D eigenvalue weighted by Crippen LogP contribution is -2.74. The van der Waals surface area contributed by atoms with Crippen molar-refractivity contribution in [3.05, 3.63) is 69.1 Å². The zero-order chi connectivity index (χ0) is 25.8. The first kappa shape index (κ1) is 24.6. The van der Waals surface area contributed by atoms with E-state index in [1.807, 2.05) is 4.90 Å². The summed E-state index contributed by atoms with van der Waals surface area (Å²) in [6.45, 7) is 5.13. The molecule has 0 unspecified atom stereocenters. The molecule has 1 aromatic heterocycles. The smallest absolute Gasteiger partial charge is 0.274 e. The summed E-state index contributed by atoms with van der Waals surface area (Å²) in [6.07, 6.45) is 4.05. The normalized spacial score (nSPS) is 25.5. The van der Waals surface area contributed by atoms with E-state index in [2.05, 4.69) is 19.2 Å². The molecule has 5 rings (SSSR count). The highest BCUT2D eigenvalue weighted by atomic mass is 19.1. The number of halogens is 2. The highest BCUT2D eigenvalue weighted by molar-refractivity contribution is 5.97. The molecule has 2 aliphatic heterocycles. The van der Waals surface area contributed by atoms with E-state index < -0.39 is 34.7 Å². The Hall–Kier alpha value is -3.11. The van der Waals surface area contributed by atoms with Crippen molar-refractivity contribution in [1.29, 1.82) is 0 Å². The zero-order valence-electron chi connectivity index (χ0n) is 20.3. The van der Waals surface area contributed by atoms with Crippen LogP contribution in [-0.4, -0.2) is 56.3 Å². The average Bonchev–Trinajstić information content (AvgIpc) is 3.26. The monoisotopic (exact) mass is 500 g/mol. The lowest BCUT2D eigenvalue weighted by atomic mass is 9.92. The van der Waals surface area contributed by atoms with Gasteiger partial charge in [0.1, 0.15) is 22.9 Å². The summed E-state index contributed by atoms with van der Waals surface area (Å²) in [7, 11) is 0. The number of hydrogen-bond donors (Lipinski definition) is 2. The van der Waals surface area contributed by atoms with Crippen molar-refractivity contribution in [3.63, 3.8) is 0 Å². The molecule has 0 spiro atoms. The van der Waals surface area contributed by atoms with Gasteiger partial charge < -0.3 is 15.0 Å². The predicted molar refractivity (Wildman–Crippen MR) is 127 cm³/mol. The lowest BCUT2D eigenvalue weighted by molar-refractivity contribution is -0.254. The SMILES string of the molecule is CC(C)CN1C[C@@H]2CCC[C@@H]2N2C(=O)c3cc(=O)c(C(=O)NCc4ccc(F)cc4F)cn3C[C@]12O. The minimum absolute atomic E-state index is 0.00281.